The maximum absolute atomic E-state index is 11.4. The number of nitrogens with one attached hydrogen (secondary N) is 1. The molecule has 0 fully saturated rings. The van der Waals surface area contributed by atoms with Crippen LogP contribution >= 0.6 is 0 Å². The zero-order valence-corrected chi connectivity index (χ0v) is 11.1. The third kappa shape index (κ3) is 3.47. The van der Waals surface area contributed by atoms with Gasteiger partial charge in [0.05, 0.1) is 0 Å². The van der Waals surface area contributed by atoms with Gasteiger partial charge in [0.2, 0.25) is 5.91 Å². The number of rotatable bonds is 3. The number of fused-ring (bicyclic) bond motifs is 1. The molecule has 1 aromatic rings. The standard InChI is InChI=1S/C14H19N3O2/c1-10-4-5-12-11(9-10)3-2-7-17(12)8-6-13(18)16-14(15)19/h4-5,9H,2-3,6-8H2,1H3,(H3,15,16,18,19). The van der Waals surface area contributed by atoms with Crippen LogP contribution in [0, 0.1) is 6.92 Å². The van der Waals surface area contributed by atoms with Crippen molar-refractivity contribution in [3.05, 3.63) is 29.3 Å². The van der Waals surface area contributed by atoms with Crippen molar-refractivity contribution in [3.63, 3.8) is 0 Å². The van der Waals surface area contributed by atoms with Crippen LogP contribution in [-0.2, 0) is 11.2 Å². The molecule has 0 unspecified atom stereocenters. The number of primary amides is 1. The Morgan fingerprint density at radius 2 is 2.21 bits per heavy atom. The Morgan fingerprint density at radius 3 is 2.95 bits per heavy atom. The molecule has 102 valence electrons. The smallest absolute Gasteiger partial charge is 0.318 e. The van der Waals surface area contributed by atoms with E-state index in [2.05, 4.69) is 35.3 Å². The van der Waals surface area contributed by atoms with Gasteiger partial charge in [-0.3, -0.25) is 10.1 Å². The second kappa shape index (κ2) is 5.73. The number of imide groups is 1. The minimum Gasteiger partial charge on any atom is -0.371 e. The van der Waals surface area contributed by atoms with Crippen molar-refractivity contribution in [3.8, 4) is 0 Å². The zero-order valence-electron chi connectivity index (χ0n) is 11.1. The van der Waals surface area contributed by atoms with E-state index in [0.717, 1.165) is 19.4 Å². The van der Waals surface area contributed by atoms with Gasteiger partial charge in [-0.1, -0.05) is 17.7 Å². The van der Waals surface area contributed by atoms with Gasteiger partial charge in [-0.15, -0.1) is 0 Å². The molecule has 0 aliphatic carbocycles. The summed E-state index contributed by atoms with van der Waals surface area (Å²) < 4.78 is 0. The van der Waals surface area contributed by atoms with Crippen LogP contribution in [0.4, 0.5) is 10.5 Å². The lowest BCUT2D eigenvalue weighted by atomic mass is 9.99. The second-order valence-electron chi connectivity index (χ2n) is 4.89. The summed E-state index contributed by atoms with van der Waals surface area (Å²) in [6.07, 6.45) is 2.45. The fourth-order valence-electron chi connectivity index (χ4n) is 2.47. The number of carbonyl (C=O) groups excluding carboxylic acids is 2. The van der Waals surface area contributed by atoms with E-state index in [1.165, 1.54) is 16.8 Å². The largest absolute Gasteiger partial charge is 0.371 e. The average Bonchev–Trinajstić information content (AvgIpc) is 2.35. The second-order valence-corrected chi connectivity index (χ2v) is 4.89. The number of urea groups is 1. The molecule has 0 spiro atoms. The molecule has 0 aromatic heterocycles. The summed E-state index contributed by atoms with van der Waals surface area (Å²) in [5, 5.41) is 2.09. The first-order valence-electron chi connectivity index (χ1n) is 6.50. The lowest BCUT2D eigenvalue weighted by Gasteiger charge is -2.31. The third-order valence-corrected chi connectivity index (χ3v) is 3.32. The molecule has 1 aliphatic heterocycles. The SMILES string of the molecule is Cc1ccc2c(c1)CCCN2CCC(=O)NC(N)=O. The molecule has 0 bridgehead atoms. The number of hydrogen-bond acceptors (Lipinski definition) is 3. The van der Waals surface area contributed by atoms with Gasteiger partial charge in [-0.2, -0.15) is 0 Å². The Morgan fingerprint density at radius 1 is 1.42 bits per heavy atom. The van der Waals surface area contributed by atoms with Crippen LogP contribution < -0.4 is 16.0 Å². The summed E-state index contributed by atoms with van der Waals surface area (Å²) in [6.45, 7) is 3.63. The minimum atomic E-state index is -0.792. The van der Waals surface area contributed by atoms with Crippen molar-refractivity contribution >= 4 is 17.6 Å². The van der Waals surface area contributed by atoms with E-state index in [4.69, 9.17) is 5.73 Å². The van der Waals surface area contributed by atoms with Crippen molar-refractivity contribution in [2.24, 2.45) is 5.73 Å². The summed E-state index contributed by atoms with van der Waals surface area (Å²) in [5.41, 5.74) is 8.70. The fourth-order valence-corrected chi connectivity index (χ4v) is 2.47. The summed E-state index contributed by atoms with van der Waals surface area (Å²) in [5.74, 6) is -0.327. The summed E-state index contributed by atoms with van der Waals surface area (Å²) in [6, 6.07) is 5.60. The van der Waals surface area contributed by atoms with Crippen molar-refractivity contribution < 1.29 is 9.59 Å². The zero-order chi connectivity index (χ0) is 13.8. The number of nitrogens with zero attached hydrogens (tertiary/aromatic N) is 1. The highest BCUT2D eigenvalue weighted by Crippen LogP contribution is 2.27. The molecule has 19 heavy (non-hydrogen) atoms. The highest BCUT2D eigenvalue weighted by molar-refractivity contribution is 5.93. The Kier molecular flexibility index (Phi) is 4.04. The van der Waals surface area contributed by atoms with Crippen molar-refractivity contribution in [1.82, 2.24) is 5.32 Å². The molecule has 0 atom stereocenters. The number of anilines is 1. The van der Waals surface area contributed by atoms with E-state index in [9.17, 15) is 9.59 Å². The van der Waals surface area contributed by atoms with Crippen molar-refractivity contribution in [1.29, 1.82) is 0 Å². The van der Waals surface area contributed by atoms with E-state index < -0.39 is 6.03 Å². The Bertz CT molecular complexity index is 499. The predicted octanol–water partition coefficient (Wildman–Crippen LogP) is 1.33. The van der Waals surface area contributed by atoms with Gasteiger partial charge in [0, 0.05) is 25.2 Å². The van der Waals surface area contributed by atoms with Crippen LogP contribution in [-0.4, -0.2) is 25.0 Å². The highest BCUT2D eigenvalue weighted by Gasteiger charge is 2.17. The average molecular weight is 261 g/mol. The number of carbonyl (C=O) groups is 2. The van der Waals surface area contributed by atoms with Crippen molar-refractivity contribution in [2.75, 3.05) is 18.0 Å². The molecular weight excluding hydrogens is 242 g/mol. The molecule has 2 rings (SSSR count). The quantitative estimate of drug-likeness (QED) is 0.862. The van der Waals surface area contributed by atoms with E-state index in [0.29, 0.717) is 6.54 Å². The lowest BCUT2D eigenvalue weighted by Crippen LogP contribution is -2.38. The van der Waals surface area contributed by atoms with Gasteiger partial charge in [0.1, 0.15) is 0 Å². The molecule has 1 aliphatic rings. The molecule has 5 nitrogen and oxygen atoms in total. The van der Waals surface area contributed by atoms with Crippen LogP contribution in [0.15, 0.2) is 18.2 Å². The predicted molar refractivity (Wildman–Crippen MR) is 74.1 cm³/mol. The summed E-state index contributed by atoms with van der Waals surface area (Å²) >= 11 is 0. The van der Waals surface area contributed by atoms with Crippen LogP contribution in [0.2, 0.25) is 0 Å². The number of nitrogens with two attached hydrogens (primary N) is 1. The monoisotopic (exact) mass is 261 g/mol. The first-order valence-corrected chi connectivity index (χ1v) is 6.50. The maximum atomic E-state index is 11.4. The minimum absolute atomic E-state index is 0.274. The number of benzene rings is 1. The topological polar surface area (TPSA) is 75.4 Å². The van der Waals surface area contributed by atoms with E-state index in [1.54, 1.807) is 0 Å². The lowest BCUT2D eigenvalue weighted by molar-refractivity contribution is -0.119. The highest BCUT2D eigenvalue weighted by atomic mass is 16.2. The Labute approximate surface area is 112 Å². The number of aryl methyl sites for hydroxylation is 2. The first kappa shape index (κ1) is 13.4. The molecule has 0 saturated heterocycles. The third-order valence-electron chi connectivity index (χ3n) is 3.32. The van der Waals surface area contributed by atoms with Gasteiger partial charge in [0.25, 0.3) is 0 Å². The summed E-state index contributed by atoms with van der Waals surface area (Å²) in [4.78, 5) is 24.2. The van der Waals surface area contributed by atoms with Crippen LogP contribution in [0.25, 0.3) is 0 Å². The van der Waals surface area contributed by atoms with Gasteiger partial charge >= 0.3 is 6.03 Å². The van der Waals surface area contributed by atoms with E-state index in [-0.39, 0.29) is 12.3 Å². The summed E-state index contributed by atoms with van der Waals surface area (Å²) in [7, 11) is 0. The molecule has 0 saturated carbocycles. The van der Waals surface area contributed by atoms with E-state index in [1.807, 2.05) is 0 Å². The van der Waals surface area contributed by atoms with Crippen molar-refractivity contribution in [2.45, 2.75) is 26.2 Å². The normalized spacial score (nSPS) is 13.8. The van der Waals surface area contributed by atoms with Gasteiger partial charge in [-0.05, 0) is 31.4 Å². The molecular formula is C14H19N3O2. The molecule has 3 amide bonds. The van der Waals surface area contributed by atoms with Gasteiger partial charge < -0.3 is 10.6 Å². The van der Waals surface area contributed by atoms with Crippen LogP contribution in [0.1, 0.15) is 24.0 Å². The van der Waals surface area contributed by atoms with Crippen LogP contribution in [0.3, 0.4) is 0 Å². The molecule has 1 heterocycles. The molecule has 5 heteroatoms. The Hall–Kier alpha value is -2.04. The first-order chi connectivity index (χ1) is 9.06. The Balaban J connectivity index is 2.00. The molecule has 3 N–H and O–H groups in total. The fraction of sp³-hybridized carbons (Fsp3) is 0.429. The molecule has 0 radical (unpaired) electrons. The van der Waals surface area contributed by atoms with Gasteiger partial charge in [-0.25, -0.2) is 4.79 Å². The van der Waals surface area contributed by atoms with Crippen LogP contribution in [0.5, 0.6) is 0 Å². The maximum Gasteiger partial charge on any atom is 0.318 e. The van der Waals surface area contributed by atoms with E-state index >= 15 is 0 Å². The number of amides is 3. The van der Waals surface area contributed by atoms with Gasteiger partial charge in [0.15, 0.2) is 0 Å². The molecule has 1 aromatic carbocycles. The number of hydrogen-bond donors (Lipinski definition) is 2.